The summed E-state index contributed by atoms with van der Waals surface area (Å²) in [6.07, 6.45) is 2.88. The molecule has 106 valence electrons. The Labute approximate surface area is 118 Å². The number of carbonyl (C=O) groups excluding carboxylic acids is 1. The molecule has 0 aliphatic carbocycles. The van der Waals surface area contributed by atoms with Crippen LogP contribution in [0.25, 0.3) is 0 Å². The van der Waals surface area contributed by atoms with E-state index >= 15 is 0 Å². The van der Waals surface area contributed by atoms with Crippen molar-refractivity contribution < 1.29 is 14.7 Å². The van der Waals surface area contributed by atoms with Gasteiger partial charge in [0.05, 0.1) is 11.7 Å². The van der Waals surface area contributed by atoms with Crippen molar-refractivity contribution in [3.8, 4) is 0 Å². The molecule has 0 spiro atoms. The summed E-state index contributed by atoms with van der Waals surface area (Å²) in [5.41, 5.74) is -0.793. The van der Waals surface area contributed by atoms with E-state index in [0.29, 0.717) is 0 Å². The first-order valence-electron chi connectivity index (χ1n) is 5.73. The minimum atomic E-state index is -1.18. The van der Waals surface area contributed by atoms with Crippen LogP contribution < -0.4 is 5.32 Å². The molecule has 2 rings (SSSR count). The van der Waals surface area contributed by atoms with Crippen LogP contribution in [0.1, 0.15) is 29.3 Å². The van der Waals surface area contributed by atoms with Gasteiger partial charge in [-0.25, -0.2) is 14.5 Å². The van der Waals surface area contributed by atoms with Crippen LogP contribution in [-0.2, 0) is 16.9 Å². The Kier molecular flexibility index (Phi) is 3.79. The monoisotopic (exact) mass is 295 g/mol. The normalized spacial score (nSPS) is 11.3. The third kappa shape index (κ3) is 3.18. The standard InChI is InChI=1S/C11H13N5O3S/c1-11(2,10-12-3-4-20-10)13-8(17)6-16-5-7(9(18)19)14-15-16/h3-5H,6H2,1-2H3,(H,13,17)(H,18,19). The lowest BCUT2D eigenvalue weighted by Crippen LogP contribution is -2.42. The summed E-state index contributed by atoms with van der Waals surface area (Å²) in [5, 5.41) is 21.2. The topological polar surface area (TPSA) is 110 Å². The largest absolute Gasteiger partial charge is 0.476 e. The summed E-state index contributed by atoms with van der Waals surface area (Å²) < 4.78 is 1.18. The summed E-state index contributed by atoms with van der Waals surface area (Å²) in [4.78, 5) is 26.8. The van der Waals surface area contributed by atoms with Crippen molar-refractivity contribution in [2.75, 3.05) is 0 Å². The second-order valence-electron chi connectivity index (χ2n) is 4.62. The summed E-state index contributed by atoms with van der Waals surface area (Å²) in [6.45, 7) is 3.58. The fraction of sp³-hybridized carbons (Fsp3) is 0.364. The molecule has 2 N–H and O–H groups in total. The van der Waals surface area contributed by atoms with Crippen LogP contribution in [0, 0.1) is 0 Å². The van der Waals surface area contributed by atoms with Crippen molar-refractivity contribution in [1.29, 1.82) is 0 Å². The lowest BCUT2D eigenvalue weighted by Gasteiger charge is -2.23. The second kappa shape index (κ2) is 5.37. The molecule has 0 bridgehead atoms. The Morgan fingerprint density at radius 1 is 1.50 bits per heavy atom. The predicted molar refractivity (Wildman–Crippen MR) is 70.3 cm³/mol. The molecule has 20 heavy (non-hydrogen) atoms. The second-order valence-corrected chi connectivity index (χ2v) is 5.51. The van der Waals surface area contributed by atoms with E-state index in [-0.39, 0.29) is 18.1 Å². The third-order valence-electron chi connectivity index (χ3n) is 2.48. The van der Waals surface area contributed by atoms with Crippen molar-refractivity contribution in [3.63, 3.8) is 0 Å². The van der Waals surface area contributed by atoms with Crippen molar-refractivity contribution >= 4 is 23.2 Å². The number of carbonyl (C=O) groups is 2. The van der Waals surface area contributed by atoms with Crippen molar-refractivity contribution in [2.24, 2.45) is 0 Å². The van der Waals surface area contributed by atoms with Gasteiger partial charge in [0.2, 0.25) is 5.91 Å². The highest BCUT2D eigenvalue weighted by Crippen LogP contribution is 2.21. The first kappa shape index (κ1) is 14.1. The number of hydrogen-bond acceptors (Lipinski definition) is 6. The number of rotatable bonds is 5. The van der Waals surface area contributed by atoms with E-state index in [1.54, 1.807) is 6.20 Å². The molecule has 1 amide bonds. The van der Waals surface area contributed by atoms with Gasteiger partial charge in [-0.1, -0.05) is 5.21 Å². The molecule has 2 aromatic heterocycles. The zero-order valence-corrected chi connectivity index (χ0v) is 11.7. The molecule has 0 aliphatic rings. The minimum Gasteiger partial charge on any atom is -0.476 e. The maximum Gasteiger partial charge on any atom is 0.358 e. The quantitative estimate of drug-likeness (QED) is 0.830. The average Bonchev–Trinajstić information content (AvgIpc) is 2.97. The Bertz CT molecular complexity index is 620. The predicted octanol–water partition coefficient (Wildman–Crippen LogP) is 0.484. The molecule has 0 unspecified atom stereocenters. The number of aromatic nitrogens is 4. The molecular weight excluding hydrogens is 282 g/mol. The van der Waals surface area contributed by atoms with Crippen LogP contribution in [-0.4, -0.2) is 37.0 Å². The summed E-state index contributed by atoms with van der Waals surface area (Å²) in [7, 11) is 0. The minimum absolute atomic E-state index is 0.102. The van der Waals surface area contributed by atoms with Crippen molar-refractivity contribution in [2.45, 2.75) is 25.9 Å². The van der Waals surface area contributed by atoms with Crippen LogP contribution in [0.2, 0.25) is 0 Å². The number of hydrogen-bond donors (Lipinski definition) is 2. The van der Waals surface area contributed by atoms with Crippen molar-refractivity contribution in [1.82, 2.24) is 25.3 Å². The van der Waals surface area contributed by atoms with E-state index in [4.69, 9.17) is 5.11 Å². The van der Waals surface area contributed by atoms with Gasteiger partial charge in [-0.05, 0) is 13.8 Å². The Balaban J connectivity index is 2.00. The Morgan fingerprint density at radius 2 is 2.25 bits per heavy atom. The first-order chi connectivity index (χ1) is 9.38. The summed E-state index contributed by atoms with van der Waals surface area (Å²) in [6, 6.07) is 0. The lowest BCUT2D eigenvalue weighted by molar-refractivity contribution is -0.123. The number of nitrogens with zero attached hydrogens (tertiary/aromatic N) is 4. The van der Waals surface area contributed by atoms with E-state index < -0.39 is 11.5 Å². The maximum atomic E-state index is 11.9. The first-order valence-corrected chi connectivity index (χ1v) is 6.61. The highest BCUT2D eigenvalue weighted by Gasteiger charge is 2.25. The number of thiazole rings is 1. The summed E-state index contributed by atoms with van der Waals surface area (Å²) in [5.74, 6) is -1.48. The highest BCUT2D eigenvalue weighted by molar-refractivity contribution is 7.09. The van der Waals surface area contributed by atoms with Crippen molar-refractivity contribution in [3.05, 3.63) is 28.5 Å². The molecule has 2 heterocycles. The van der Waals surface area contributed by atoms with E-state index in [0.717, 1.165) is 5.01 Å². The number of aromatic carboxylic acids is 1. The maximum absolute atomic E-state index is 11.9. The Hall–Kier alpha value is -2.29. The van der Waals surface area contributed by atoms with Crippen LogP contribution in [0.15, 0.2) is 17.8 Å². The smallest absolute Gasteiger partial charge is 0.358 e. The van der Waals surface area contributed by atoms with E-state index in [1.807, 2.05) is 19.2 Å². The fourth-order valence-electron chi connectivity index (χ4n) is 1.59. The van der Waals surface area contributed by atoms with Gasteiger partial charge < -0.3 is 10.4 Å². The van der Waals surface area contributed by atoms with Gasteiger partial charge >= 0.3 is 5.97 Å². The van der Waals surface area contributed by atoms with E-state index in [2.05, 4.69) is 20.6 Å². The number of carboxylic acids is 1. The van der Waals surface area contributed by atoms with Crippen LogP contribution >= 0.6 is 11.3 Å². The molecule has 9 heteroatoms. The van der Waals surface area contributed by atoms with Gasteiger partial charge in [0.15, 0.2) is 5.69 Å². The van der Waals surface area contributed by atoms with Crippen LogP contribution in [0.4, 0.5) is 0 Å². The van der Waals surface area contributed by atoms with Crippen LogP contribution in [0.5, 0.6) is 0 Å². The van der Waals surface area contributed by atoms with Gasteiger partial charge in [0.1, 0.15) is 11.6 Å². The van der Waals surface area contributed by atoms with E-state index in [1.165, 1.54) is 22.2 Å². The zero-order valence-electron chi connectivity index (χ0n) is 10.9. The molecule has 8 nitrogen and oxygen atoms in total. The molecule has 0 atom stereocenters. The van der Waals surface area contributed by atoms with Gasteiger partial charge in [-0.2, -0.15) is 0 Å². The molecule has 0 aromatic carbocycles. The molecule has 0 fully saturated rings. The number of nitrogens with one attached hydrogen (secondary N) is 1. The molecule has 0 aliphatic heterocycles. The lowest BCUT2D eigenvalue weighted by atomic mass is 10.1. The zero-order chi connectivity index (χ0) is 14.8. The van der Waals surface area contributed by atoms with Crippen LogP contribution in [0.3, 0.4) is 0 Å². The highest BCUT2D eigenvalue weighted by atomic mass is 32.1. The molecular formula is C11H13N5O3S. The van der Waals surface area contributed by atoms with Gasteiger partial charge in [0.25, 0.3) is 0 Å². The van der Waals surface area contributed by atoms with Gasteiger partial charge in [0, 0.05) is 11.6 Å². The fourth-order valence-corrected chi connectivity index (χ4v) is 2.31. The Morgan fingerprint density at radius 3 is 2.80 bits per heavy atom. The summed E-state index contributed by atoms with van der Waals surface area (Å²) >= 11 is 1.45. The molecule has 2 aromatic rings. The van der Waals surface area contributed by atoms with E-state index in [9.17, 15) is 9.59 Å². The number of carboxylic acid groups (broad SMARTS) is 1. The molecule has 0 saturated heterocycles. The molecule has 0 radical (unpaired) electrons. The number of amides is 1. The SMILES string of the molecule is CC(C)(NC(=O)Cn1cc(C(=O)O)nn1)c1nccs1. The van der Waals surface area contributed by atoms with Gasteiger partial charge in [-0.3, -0.25) is 4.79 Å². The third-order valence-corrected chi connectivity index (χ3v) is 3.58. The van der Waals surface area contributed by atoms with Gasteiger partial charge in [-0.15, -0.1) is 16.4 Å². The molecule has 0 saturated carbocycles. The average molecular weight is 295 g/mol.